The van der Waals surface area contributed by atoms with Crippen molar-refractivity contribution in [3.05, 3.63) is 35.4 Å². The van der Waals surface area contributed by atoms with Gasteiger partial charge in [0.1, 0.15) is 5.75 Å². The van der Waals surface area contributed by atoms with Crippen molar-refractivity contribution in [2.45, 2.75) is 32.6 Å². The summed E-state index contributed by atoms with van der Waals surface area (Å²) in [4.78, 5) is 22.5. The van der Waals surface area contributed by atoms with Gasteiger partial charge in [-0.25, -0.2) is 13.2 Å². The number of sulfone groups is 1. The van der Waals surface area contributed by atoms with Gasteiger partial charge in [-0.2, -0.15) is 0 Å². The second-order valence-electron chi connectivity index (χ2n) is 5.40. The van der Waals surface area contributed by atoms with Gasteiger partial charge >= 0.3 is 5.97 Å². The molecule has 1 aromatic rings. The van der Waals surface area contributed by atoms with Gasteiger partial charge < -0.3 is 10.4 Å². The Morgan fingerprint density at radius 3 is 2.61 bits per heavy atom. The first kappa shape index (κ1) is 19.2. The predicted molar refractivity (Wildman–Crippen MR) is 88.3 cm³/mol. The van der Waals surface area contributed by atoms with Crippen molar-refractivity contribution in [3.63, 3.8) is 0 Å². The highest BCUT2D eigenvalue weighted by molar-refractivity contribution is 7.92. The van der Waals surface area contributed by atoms with Crippen LogP contribution in [0.5, 0.6) is 0 Å². The van der Waals surface area contributed by atoms with Crippen molar-refractivity contribution < 1.29 is 23.1 Å². The molecule has 2 N–H and O–H groups in total. The first-order valence-corrected chi connectivity index (χ1v) is 9.45. The second-order valence-corrected chi connectivity index (χ2v) is 7.59. The molecule has 0 heterocycles. The predicted octanol–water partition coefficient (Wildman–Crippen LogP) is 1.65. The van der Waals surface area contributed by atoms with E-state index in [9.17, 15) is 18.0 Å². The van der Waals surface area contributed by atoms with Crippen molar-refractivity contribution in [1.29, 1.82) is 0 Å². The van der Waals surface area contributed by atoms with E-state index in [1.54, 1.807) is 12.1 Å². The van der Waals surface area contributed by atoms with Crippen LogP contribution in [0.4, 0.5) is 0 Å². The monoisotopic (exact) mass is 341 g/mol. The molecule has 0 saturated heterocycles. The van der Waals surface area contributed by atoms with Gasteiger partial charge in [-0.3, -0.25) is 4.79 Å². The molecule has 1 amide bonds. The summed E-state index contributed by atoms with van der Waals surface area (Å²) in [7, 11) is -3.36. The van der Waals surface area contributed by atoms with E-state index in [2.05, 4.69) is 5.32 Å². The number of rotatable bonds is 10. The zero-order valence-corrected chi connectivity index (χ0v) is 14.1. The molecule has 0 radical (unpaired) electrons. The summed E-state index contributed by atoms with van der Waals surface area (Å²) in [6, 6.07) is 6.43. The topological polar surface area (TPSA) is 101 Å². The van der Waals surface area contributed by atoms with Crippen LogP contribution in [-0.4, -0.2) is 43.5 Å². The summed E-state index contributed by atoms with van der Waals surface area (Å²) in [5.41, 5.74) is 0.961. The van der Waals surface area contributed by atoms with E-state index in [1.165, 1.54) is 12.1 Å². The number of amides is 1. The molecule has 0 fully saturated rings. The lowest BCUT2D eigenvalue weighted by Crippen LogP contribution is -2.32. The van der Waals surface area contributed by atoms with Crippen molar-refractivity contribution in [3.8, 4) is 0 Å². The summed E-state index contributed by atoms with van der Waals surface area (Å²) in [5.74, 6) is -1.98. The Morgan fingerprint density at radius 1 is 1.22 bits per heavy atom. The average Bonchev–Trinajstić information content (AvgIpc) is 2.47. The minimum atomic E-state index is -3.36. The lowest BCUT2D eigenvalue weighted by atomic mass is 10.1. The Morgan fingerprint density at radius 2 is 1.96 bits per heavy atom. The highest BCUT2D eigenvalue weighted by atomic mass is 32.2. The molecule has 0 aromatic heterocycles. The number of aromatic carboxylic acids is 1. The van der Waals surface area contributed by atoms with E-state index in [4.69, 9.17) is 5.11 Å². The van der Waals surface area contributed by atoms with Crippen LogP contribution in [0, 0.1) is 0 Å². The fourth-order valence-electron chi connectivity index (χ4n) is 2.10. The lowest BCUT2D eigenvalue weighted by Gasteiger charge is -2.07. The molecule has 0 aliphatic heterocycles. The first-order chi connectivity index (χ1) is 10.8. The van der Waals surface area contributed by atoms with Gasteiger partial charge in [0.2, 0.25) is 5.91 Å². The standard InChI is InChI=1S/C16H23NO5S/c1-2-3-4-10-23(21,22)12-15(18)17-9-8-13-6-5-7-14(11-13)16(19)20/h5-7,11H,2-4,8-10,12H2,1H3,(H,17,18)(H,19,20). The maximum absolute atomic E-state index is 11.7. The van der Waals surface area contributed by atoms with Crippen LogP contribution in [0.25, 0.3) is 0 Å². The van der Waals surface area contributed by atoms with E-state index >= 15 is 0 Å². The third-order valence-corrected chi connectivity index (χ3v) is 4.93. The van der Waals surface area contributed by atoms with Crippen molar-refractivity contribution in [2.75, 3.05) is 18.1 Å². The molecule has 0 spiro atoms. The normalized spacial score (nSPS) is 11.2. The van der Waals surface area contributed by atoms with E-state index in [0.29, 0.717) is 12.8 Å². The van der Waals surface area contributed by atoms with E-state index in [1.807, 2.05) is 6.92 Å². The highest BCUT2D eigenvalue weighted by Gasteiger charge is 2.15. The average molecular weight is 341 g/mol. The van der Waals surface area contributed by atoms with Gasteiger partial charge in [-0.15, -0.1) is 0 Å². The number of carbonyl (C=O) groups is 2. The SMILES string of the molecule is CCCCCS(=O)(=O)CC(=O)NCCc1cccc(C(=O)O)c1. The molecule has 0 aliphatic rings. The van der Waals surface area contributed by atoms with E-state index in [0.717, 1.165) is 18.4 Å². The Hall–Kier alpha value is -1.89. The molecular formula is C16H23NO5S. The Labute approximate surface area is 136 Å². The molecular weight excluding hydrogens is 318 g/mol. The molecule has 128 valence electrons. The van der Waals surface area contributed by atoms with Gasteiger partial charge in [0.25, 0.3) is 0 Å². The summed E-state index contributed by atoms with van der Waals surface area (Å²) >= 11 is 0. The number of benzene rings is 1. The van der Waals surface area contributed by atoms with Gasteiger partial charge in [0, 0.05) is 6.54 Å². The molecule has 0 unspecified atom stereocenters. The molecule has 23 heavy (non-hydrogen) atoms. The van der Waals surface area contributed by atoms with Crippen LogP contribution in [0.3, 0.4) is 0 Å². The Balaban J connectivity index is 2.39. The van der Waals surface area contributed by atoms with Crippen LogP contribution in [0.2, 0.25) is 0 Å². The van der Waals surface area contributed by atoms with Crippen LogP contribution in [0.15, 0.2) is 24.3 Å². The number of hydrogen-bond acceptors (Lipinski definition) is 4. The fraction of sp³-hybridized carbons (Fsp3) is 0.500. The molecule has 0 atom stereocenters. The summed E-state index contributed by atoms with van der Waals surface area (Å²) < 4.78 is 23.5. The van der Waals surface area contributed by atoms with E-state index in [-0.39, 0.29) is 17.9 Å². The van der Waals surface area contributed by atoms with Crippen LogP contribution >= 0.6 is 0 Å². The maximum Gasteiger partial charge on any atom is 0.335 e. The van der Waals surface area contributed by atoms with Crippen molar-refractivity contribution in [2.24, 2.45) is 0 Å². The molecule has 1 rings (SSSR count). The number of carboxylic acids is 1. The lowest BCUT2D eigenvalue weighted by molar-refractivity contribution is -0.118. The summed E-state index contributed by atoms with van der Waals surface area (Å²) in [6.07, 6.45) is 2.79. The van der Waals surface area contributed by atoms with E-state index < -0.39 is 27.5 Å². The minimum Gasteiger partial charge on any atom is -0.478 e. The Kier molecular flexibility index (Phi) is 7.74. The van der Waals surface area contributed by atoms with Crippen molar-refractivity contribution in [1.82, 2.24) is 5.32 Å². The first-order valence-electron chi connectivity index (χ1n) is 7.63. The fourth-order valence-corrected chi connectivity index (χ4v) is 3.39. The second kappa shape index (κ2) is 9.29. The minimum absolute atomic E-state index is 0.0366. The van der Waals surface area contributed by atoms with Gasteiger partial charge in [-0.05, 0) is 30.5 Å². The third-order valence-electron chi connectivity index (χ3n) is 3.32. The summed E-state index contributed by atoms with van der Waals surface area (Å²) in [6.45, 7) is 2.26. The van der Waals surface area contributed by atoms with Gasteiger partial charge in [0.05, 0.1) is 11.3 Å². The molecule has 7 heteroatoms. The highest BCUT2D eigenvalue weighted by Crippen LogP contribution is 2.06. The number of nitrogens with one attached hydrogen (secondary N) is 1. The number of hydrogen-bond donors (Lipinski definition) is 2. The molecule has 1 aromatic carbocycles. The zero-order valence-electron chi connectivity index (χ0n) is 13.2. The van der Waals surface area contributed by atoms with Crippen LogP contribution in [0.1, 0.15) is 42.1 Å². The van der Waals surface area contributed by atoms with Gasteiger partial charge in [-0.1, -0.05) is 31.9 Å². The van der Waals surface area contributed by atoms with Crippen molar-refractivity contribution >= 4 is 21.7 Å². The smallest absolute Gasteiger partial charge is 0.335 e. The van der Waals surface area contributed by atoms with Crippen LogP contribution < -0.4 is 5.32 Å². The zero-order chi connectivity index (χ0) is 17.3. The third kappa shape index (κ3) is 7.78. The number of carboxylic acid groups (broad SMARTS) is 1. The molecule has 6 nitrogen and oxygen atoms in total. The number of unbranched alkanes of at least 4 members (excludes halogenated alkanes) is 2. The maximum atomic E-state index is 11.7. The quantitative estimate of drug-likeness (QED) is 0.630. The number of carbonyl (C=O) groups excluding carboxylic acids is 1. The summed E-state index contributed by atoms with van der Waals surface area (Å²) in [5, 5.41) is 11.5. The van der Waals surface area contributed by atoms with Crippen LogP contribution in [-0.2, 0) is 21.1 Å². The Bertz CT molecular complexity index is 640. The largest absolute Gasteiger partial charge is 0.478 e. The molecule has 0 bridgehead atoms. The van der Waals surface area contributed by atoms with Gasteiger partial charge in [0.15, 0.2) is 9.84 Å². The molecule has 0 aliphatic carbocycles. The molecule has 0 saturated carbocycles.